The number of anilines is 1. The average Bonchev–Trinajstić information content (AvgIpc) is 2.71. The van der Waals surface area contributed by atoms with E-state index in [1.807, 2.05) is 24.3 Å². The lowest BCUT2D eigenvalue weighted by molar-refractivity contribution is 0.122. The highest BCUT2D eigenvalue weighted by molar-refractivity contribution is 9.10. The van der Waals surface area contributed by atoms with Crippen molar-refractivity contribution in [3.63, 3.8) is 0 Å². The Hall–Kier alpha value is -2.12. The molecule has 1 aromatic heterocycles. The molecule has 27 heavy (non-hydrogen) atoms. The van der Waals surface area contributed by atoms with Crippen molar-refractivity contribution >= 4 is 27.8 Å². The minimum Gasteiger partial charge on any atom is -0.378 e. The highest BCUT2D eigenvalue weighted by Gasteiger charge is 2.16. The Morgan fingerprint density at radius 1 is 1.19 bits per heavy atom. The zero-order valence-corrected chi connectivity index (χ0v) is 16.9. The molecule has 1 aromatic carbocycles. The molecule has 0 unspecified atom stereocenters. The molecule has 0 radical (unpaired) electrons. The Balaban J connectivity index is 1.41. The number of urea groups is 1. The van der Waals surface area contributed by atoms with Crippen molar-refractivity contribution in [1.82, 2.24) is 15.6 Å². The molecule has 0 saturated carbocycles. The van der Waals surface area contributed by atoms with Crippen LogP contribution < -0.4 is 15.5 Å². The van der Waals surface area contributed by atoms with Gasteiger partial charge in [-0.3, -0.25) is 0 Å². The van der Waals surface area contributed by atoms with Gasteiger partial charge in [-0.1, -0.05) is 34.1 Å². The molecule has 2 N–H and O–H groups in total. The zero-order valence-electron chi connectivity index (χ0n) is 15.3. The van der Waals surface area contributed by atoms with Crippen LogP contribution >= 0.6 is 15.9 Å². The first-order chi connectivity index (χ1) is 13.2. The molecule has 1 aliphatic heterocycles. The third kappa shape index (κ3) is 6.22. The summed E-state index contributed by atoms with van der Waals surface area (Å²) in [5, 5.41) is 5.85. The SMILES string of the molecule is O=C(NCCCc1cccc(Br)c1)NCc1cccnc1N1CCOCC1. The summed E-state index contributed by atoms with van der Waals surface area (Å²) in [5.74, 6) is 0.927. The third-order valence-electron chi connectivity index (χ3n) is 4.43. The van der Waals surface area contributed by atoms with E-state index in [9.17, 15) is 4.79 Å². The van der Waals surface area contributed by atoms with Crippen LogP contribution in [-0.4, -0.2) is 43.9 Å². The number of pyridine rings is 1. The fraction of sp³-hybridized carbons (Fsp3) is 0.400. The quantitative estimate of drug-likeness (QED) is 0.659. The molecule has 1 fully saturated rings. The van der Waals surface area contributed by atoms with Gasteiger partial charge in [0.25, 0.3) is 0 Å². The Morgan fingerprint density at radius 2 is 2.04 bits per heavy atom. The van der Waals surface area contributed by atoms with Crippen molar-refractivity contribution in [2.75, 3.05) is 37.7 Å². The van der Waals surface area contributed by atoms with Gasteiger partial charge in [0.15, 0.2) is 0 Å². The lowest BCUT2D eigenvalue weighted by atomic mass is 10.1. The van der Waals surface area contributed by atoms with E-state index in [1.54, 1.807) is 6.20 Å². The van der Waals surface area contributed by atoms with Gasteiger partial charge in [-0.15, -0.1) is 0 Å². The lowest BCUT2D eigenvalue weighted by Crippen LogP contribution is -2.39. The van der Waals surface area contributed by atoms with E-state index in [0.29, 0.717) is 26.3 Å². The minimum absolute atomic E-state index is 0.152. The van der Waals surface area contributed by atoms with Crippen LogP contribution in [0.4, 0.5) is 10.6 Å². The van der Waals surface area contributed by atoms with Crippen LogP contribution in [0.15, 0.2) is 47.1 Å². The number of hydrogen-bond donors (Lipinski definition) is 2. The maximum Gasteiger partial charge on any atom is 0.315 e. The molecule has 2 aromatic rings. The predicted octanol–water partition coefficient (Wildman–Crippen LogP) is 3.11. The summed E-state index contributed by atoms with van der Waals surface area (Å²) in [6.07, 6.45) is 3.62. The maximum atomic E-state index is 12.1. The number of amides is 2. The van der Waals surface area contributed by atoms with E-state index in [1.165, 1.54) is 5.56 Å². The fourth-order valence-electron chi connectivity index (χ4n) is 3.05. The molecular weight excluding hydrogens is 408 g/mol. The molecule has 144 valence electrons. The molecular formula is C20H25BrN4O2. The van der Waals surface area contributed by atoms with Gasteiger partial charge in [0.05, 0.1) is 13.2 Å². The summed E-state index contributed by atoms with van der Waals surface area (Å²) in [5.41, 5.74) is 2.28. The van der Waals surface area contributed by atoms with Gasteiger partial charge in [0, 0.05) is 42.4 Å². The summed E-state index contributed by atoms with van der Waals surface area (Å²) in [7, 11) is 0. The van der Waals surface area contributed by atoms with E-state index in [4.69, 9.17) is 4.74 Å². The number of nitrogens with one attached hydrogen (secondary N) is 2. The number of aromatic nitrogens is 1. The smallest absolute Gasteiger partial charge is 0.315 e. The standard InChI is InChI=1S/C20H25BrN4O2/c21-18-7-1-4-16(14-18)5-2-9-23-20(26)24-15-17-6-3-8-22-19(17)25-10-12-27-13-11-25/h1,3-4,6-8,14H,2,5,9-13,15H2,(H2,23,24,26). The summed E-state index contributed by atoms with van der Waals surface area (Å²) < 4.78 is 6.48. The van der Waals surface area contributed by atoms with Crippen molar-refractivity contribution in [1.29, 1.82) is 0 Å². The van der Waals surface area contributed by atoms with Crippen LogP contribution in [-0.2, 0) is 17.7 Å². The maximum absolute atomic E-state index is 12.1. The van der Waals surface area contributed by atoms with Gasteiger partial charge >= 0.3 is 6.03 Å². The molecule has 0 atom stereocenters. The molecule has 0 aliphatic carbocycles. The highest BCUT2D eigenvalue weighted by Crippen LogP contribution is 2.18. The number of morpholine rings is 1. The third-order valence-corrected chi connectivity index (χ3v) is 4.93. The van der Waals surface area contributed by atoms with Gasteiger partial charge in [0.2, 0.25) is 0 Å². The molecule has 0 spiro atoms. The van der Waals surface area contributed by atoms with Crippen molar-refractivity contribution in [2.45, 2.75) is 19.4 Å². The number of rotatable bonds is 7. The average molecular weight is 433 g/mol. The molecule has 2 heterocycles. The number of benzene rings is 1. The number of hydrogen-bond acceptors (Lipinski definition) is 4. The van der Waals surface area contributed by atoms with Gasteiger partial charge in [-0.05, 0) is 36.6 Å². The molecule has 2 amide bonds. The van der Waals surface area contributed by atoms with Crippen LogP contribution in [0.25, 0.3) is 0 Å². The second-order valence-corrected chi connectivity index (χ2v) is 7.34. The molecule has 6 nitrogen and oxygen atoms in total. The Labute approximate surface area is 168 Å². The first-order valence-corrected chi connectivity index (χ1v) is 10.0. The van der Waals surface area contributed by atoms with Gasteiger partial charge in [-0.2, -0.15) is 0 Å². The Kier molecular flexibility index (Phi) is 7.47. The molecule has 3 rings (SSSR count). The van der Waals surface area contributed by atoms with Gasteiger partial charge in [-0.25, -0.2) is 9.78 Å². The van der Waals surface area contributed by atoms with Crippen LogP contribution in [0.5, 0.6) is 0 Å². The highest BCUT2D eigenvalue weighted by atomic mass is 79.9. The summed E-state index contributed by atoms with van der Waals surface area (Å²) >= 11 is 3.48. The number of nitrogens with zero attached hydrogens (tertiary/aromatic N) is 2. The van der Waals surface area contributed by atoms with E-state index >= 15 is 0 Å². The molecule has 1 aliphatic rings. The number of carbonyl (C=O) groups is 1. The zero-order chi connectivity index (χ0) is 18.9. The van der Waals surface area contributed by atoms with E-state index < -0.39 is 0 Å². The molecule has 7 heteroatoms. The van der Waals surface area contributed by atoms with E-state index in [2.05, 4.69) is 48.6 Å². The summed E-state index contributed by atoms with van der Waals surface area (Å²) in [6, 6.07) is 12.0. The second-order valence-electron chi connectivity index (χ2n) is 6.43. The molecule has 0 bridgehead atoms. The predicted molar refractivity (Wildman–Crippen MR) is 110 cm³/mol. The van der Waals surface area contributed by atoms with Crippen molar-refractivity contribution in [2.24, 2.45) is 0 Å². The van der Waals surface area contributed by atoms with Crippen molar-refractivity contribution in [3.8, 4) is 0 Å². The number of ether oxygens (including phenoxy) is 1. The first-order valence-electron chi connectivity index (χ1n) is 9.25. The van der Waals surface area contributed by atoms with Gasteiger partial charge in [0.1, 0.15) is 5.82 Å². The van der Waals surface area contributed by atoms with Crippen LogP contribution in [0.3, 0.4) is 0 Å². The fourth-order valence-corrected chi connectivity index (χ4v) is 3.50. The number of halogens is 1. The van der Waals surface area contributed by atoms with Gasteiger partial charge < -0.3 is 20.3 Å². The lowest BCUT2D eigenvalue weighted by Gasteiger charge is -2.29. The summed E-state index contributed by atoms with van der Waals surface area (Å²) in [6.45, 7) is 4.17. The van der Waals surface area contributed by atoms with E-state index in [0.717, 1.165) is 41.8 Å². The number of aryl methyl sites for hydroxylation is 1. The largest absolute Gasteiger partial charge is 0.378 e. The van der Waals surface area contributed by atoms with Crippen LogP contribution in [0, 0.1) is 0 Å². The minimum atomic E-state index is -0.152. The first kappa shape index (κ1) is 19.6. The monoisotopic (exact) mass is 432 g/mol. The normalized spacial score (nSPS) is 14.0. The summed E-state index contributed by atoms with van der Waals surface area (Å²) in [4.78, 5) is 18.8. The Bertz CT molecular complexity index is 750. The second kappa shape index (κ2) is 10.3. The molecule has 1 saturated heterocycles. The van der Waals surface area contributed by atoms with Crippen molar-refractivity contribution in [3.05, 3.63) is 58.2 Å². The van der Waals surface area contributed by atoms with Crippen molar-refractivity contribution < 1.29 is 9.53 Å². The van der Waals surface area contributed by atoms with Crippen LogP contribution in [0.2, 0.25) is 0 Å². The number of carbonyl (C=O) groups excluding carboxylic acids is 1. The van der Waals surface area contributed by atoms with Crippen LogP contribution in [0.1, 0.15) is 17.5 Å². The topological polar surface area (TPSA) is 66.5 Å². The van der Waals surface area contributed by atoms with E-state index in [-0.39, 0.29) is 6.03 Å². The Morgan fingerprint density at radius 3 is 2.85 bits per heavy atom.